The number of hydrogen-bond acceptors (Lipinski definition) is 3. The van der Waals surface area contributed by atoms with E-state index < -0.39 is 11.9 Å². The van der Waals surface area contributed by atoms with Gasteiger partial charge in [0.2, 0.25) is 0 Å². The van der Waals surface area contributed by atoms with Crippen LogP contribution in [0, 0.1) is 0 Å². The van der Waals surface area contributed by atoms with E-state index in [4.69, 9.17) is 15.9 Å². The van der Waals surface area contributed by atoms with Crippen molar-refractivity contribution >= 4 is 11.9 Å². The van der Waals surface area contributed by atoms with Crippen molar-refractivity contribution in [2.45, 2.75) is 201 Å². The van der Waals surface area contributed by atoms with Crippen molar-refractivity contribution in [1.82, 2.24) is 0 Å². The third-order valence-electron chi connectivity index (χ3n) is 7.05. The Balaban J connectivity index is -0.000000503. The fourth-order valence-corrected chi connectivity index (χ4v) is 4.45. The van der Waals surface area contributed by atoms with E-state index in [0.717, 1.165) is 32.2 Å². The van der Waals surface area contributed by atoms with Crippen molar-refractivity contribution in [3.05, 3.63) is 0 Å². The quantitative estimate of drug-likeness (QED) is 0.0830. The summed E-state index contributed by atoms with van der Waals surface area (Å²) in [5, 5.41) is 16.8. The first-order valence-electron chi connectivity index (χ1n) is 17.1. The molecule has 0 heterocycles. The van der Waals surface area contributed by atoms with Crippen LogP contribution in [-0.2, 0) is 9.59 Å². The zero-order valence-corrected chi connectivity index (χ0v) is 26.8. The Morgan fingerprint density at radius 1 is 0.385 bits per heavy atom. The Hall–Kier alpha value is -1.10. The average molecular weight is 558 g/mol. The number of unbranched alkanes of at least 4 members (excludes halogenated alkanes) is 23. The molecule has 0 aromatic carbocycles. The van der Waals surface area contributed by atoms with Gasteiger partial charge in [-0.05, 0) is 25.8 Å². The summed E-state index contributed by atoms with van der Waals surface area (Å²) >= 11 is 0. The van der Waals surface area contributed by atoms with Gasteiger partial charge >= 0.3 is 11.9 Å². The Kier molecular flexibility index (Phi) is 45.0. The van der Waals surface area contributed by atoms with Gasteiger partial charge in [0.05, 0.1) is 0 Å². The van der Waals surface area contributed by atoms with E-state index in [1.165, 1.54) is 141 Å². The van der Waals surface area contributed by atoms with Crippen molar-refractivity contribution in [3.63, 3.8) is 0 Å². The average Bonchev–Trinajstić information content (AvgIpc) is 2.91. The Morgan fingerprint density at radius 3 is 0.795 bits per heavy atom. The van der Waals surface area contributed by atoms with Gasteiger partial charge in [0.15, 0.2) is 0 Å². The Morgan fingerprint density at radius 2 is 0.590 bits per heavy atom. The lowest BCUT2D eigenvalue weighted by molar-refractivity contribution is -0.138. The summed E-state index contributed by atoms with van der Waals surface area (Å²) in [5.41, 5.74) is 5.39. The Bertz CT molecular complexity index is 416. The van der Waals surface area contributed by atoms with Gasteiger partial charge < -0.3 is 15.9 Å². The molecule has 0 aliphatic heterocycles. The minimum absolute atomic E-state index is 0.343. The van der Waals surface area contributed by atoms with Gasteiger partial charge in [0.25, 0.3) is 0 Å². The normalized spacial score (nSPS) is 10.4. The van der Waals surface area contributed by atoms with Crippen molar-refractivity contribution in [2.24, 2.45) is 5.73 Å². The number of rotatable bonds is 28. The standard InChI is InChI=1S/2C12H24O2.C10H23N/c2*1-2-3-4-5-6-7-8-9-10-11-12(13)14;1-2-3-4-5-6-7-8-9-10-11/h2*2-11H2,1H3,(H,13,14);2-11H2,1H3. The summed E-state index contributed by atoms with van der Waals surface area (Å²) < 4.78 is 0. The first-order valence-corrected chi connectivity index (χ1v) is 17.1. The van der Waals surface area contributed by atoms with E-state index in [1.807, 2.05) is 0 Å². The third-order valence-corrected chi connectivity index (χ3v) is 7.05. The maximum Gasteiger partial charge on any atom is 0.303 e. The summed E-state index contributed by atoms with van der Waals surface area (Å²) in [6.07, 6.45) is 33.9. The first-order chi connectivity index (χ1) is 19.0. The minimum atomic E-state index is -0.659. The molecule has 0 bridgehead atoms. The highest BCUT2D eigenvalue weighted by Gasteiger charge is 1.97. The summed E-state index contributed by atoms with van der Waals surface area (Å²) in [6, 6.07) is 0. The predicted octanol–water partition coefficient (Wildman–Crippen LogP) is 11.1. The van der Waals surface area contributed by atoms with Crippen LogP contribution >= 0.6 is 0 Å². The molecule has 0 spiro atoms. The molecule has 0 saturated carbocycles. The van der Waals surface area contributed by atoms with Crippen LogP contribution in [0.5, 0.6) is 0 Å². The number of carbonyl (C=O) groups is 2. The number of carboxylic acids is 2. The van der Waals surface area contributed by atoms with Gasteiger partial charge in [-0.15, -0.1) is 0 Å². The molecule has 0 aromatic rings. The van der Waals surface area contributed by atoms with E-state index in [1.54, 1.807) is 0 Å². The van der Waals surface area contributed by atoms with Crippen molar-refractivity contribution in [1.29, 1.82) is 0 Å². The number of carboxylic acid groups (broad SMARTS) is 2. The molecule has 0 unspecified atom stereocenters. The highest BCUT2D eigenvalue weighted by molar-refractivity contribution is 5.66. The van der Waals surface area contributed by atoms with Gasteiger partial charge in [-0.25, -0.2) is 0 Å². The van der Waals surface area contributed by atoms with E-state index >= 15 is 0 Å². The van der Waals surface area contributed by atoms with E-state index in [0.29, 0.717) is 12.8 Å². The van der Waals surface area contributed by atoms with Crippen LogP contribution in [0.3, 0.4) is 0 Å². The van der Waals surface area contributed by atoms with Gasteiger partial charge in [-0.2, -0.15) is 0 Å². The monoisotopic (exact) mass is 558 g/mol. The first kappa shape index (κ1) is 42.4. The lowest BCUT2D eigenvalue weighted by Gasteiger charge is -2.00. The lowest BCUT2D eigenvalue weighted by Crippen LogP contribution is -1.97. The maximum atomic E-state index is 10.2. The molecule has 0 aliphatic rings. The van der Waals surface area contributed by atoms with Crippen LogP contribution in [0.25, 0.3) is 0 Å². The molecular formula is C34H71NO4. The molecule has 0 atom stereocenters. The van der Waals surface area contributed by atoms with Crippen LogP contribution in [0.4, 0.5) is 0 Å². The largest absolute Gasteiger partial charge is 0.481 e. The molecule has 0 aromatic heterocycles. The summed E-state index contributed by atoms with van der Waals surface area (Å²) in [4.78, 5) is 20.4. The summed E-state index contributed by atoms with van der Waals surface area (Å²) in [6.45, 7) is 7.58. The molecule has 4 N–H and O–H groups in total. The zero-order valence-electron chi connectivity index (χ0n) is 26.8. The van der Waals surface area contributed by atoms with Crippen LogP contribution in [0.2, 0.25) is 0 Å². The fraction of sp³-hybridized carbons (Fsp3) is 0.941. The minimum Gasteiger partial charge on any atom is -0.481 e. The van der Waals surface area contributed by atoms with Crippen LogP contribution < -0.4 is 5.73 Å². The molecule has 0 fully saturated rings. The van der Waals surface area contributed by atoms with Crippen LogP contribution in [0.15, 0.2) is 0 Å². The zero-order chi connectivity index (χ0) is 29.7. The molecule has 0 amide bonds. The second-order valence-corrected chi connectivity index (χ2v) is 11.2. The fourth-order valence-electron chi connectivity index (χ4n) is 4.45. The van der Waals surface area contributed by atoms with Gasteiger partial charge in [-0.3, -0.25) is 9.59 Å². The molecule has 5 heteroatoms. The summed E-state index contributed by atoms with van der Waals surface area (Å²) in [5.74, 6) is -1.32. The van der Waals surface area contributed by atoms with E-state index in [9.17, 15) is 9.59 Å². The maximum absolute atomic E-state index is 10.2. The van der Waals surface area contributed by atoms with E-state index in [2.05, 4.69) is 20.8 Å². The molecule has 0 radical (unpaired) electrons. The molecule has 5 nitrogen and oxygen atoms in total. The van der Waals surface area contributed by atoms with Gasteiger partial charge in [-0.1, -0.05) is 168 Å². The number of hydrogen-bond donors (Lipinski definition) is 3. The van der Waals surface area contributed by atoms with Gasteiger partial charge in [0, 0.05) is 12.8 Å². The highest BCUT2D eigenvalue weighted by atomic mass is 16.4. The molecule has 236 valence electrons. The molecule has 0 rings (SSSR count). The number of nitrogens with two attached hydrogens (primary N) is 1. The van der Waals surface area contributed by atoms with Crippen LogP contribution in [-0.4, -0.2) is 28.7 Å². The lowest BCUT2D eigenvalue weighted by atomic mass is 10.1. The van der Waals surface area contributed by atoms with Crippen molar-refractivity contribution in [2.75, 3.05) is 6.54 Å². The topological polar surface area (TPSA) is 101 Å². The van der Waals surface area contributed by atoms with Crippen molar-refractivity contribution in [3.8, 4) is 0 Å². The Labute approximate surface area is 244 Å². The van der Waals surface area contributed by atoms with E-state index in [-0.39, 0.29) is 0 Å². The molecular weight excluding hydrogens is 486 g/mol. The van der Waals surface area contributed by atoms with Crippen molar-refractivity contribution < 1.29 is 19.8 Å². The second-order valence-electron chi connectivity index (χ2n) is 11.2. The summed E-state index contributed by atoms with van der Waals surface area (Å²) in [7, 11) is 0. The molecule has 0 aliphatic carbocycles. The third kappa shape index (κ3) is 53.8. The highest BCUT2D eigenvalue weighted by Crippen LogP contribution is 2.11. The number of aliphatic carboxylic acids is 2. The van der Waals surface area contributed by atoms with Gasteiger partial charge in [0.1, 0.15) is 0 Å². The SMILES string of the molecule is CCCCCCCCCCCC(=O)O.CCCCCCCCCCCC(=O)O.CCCCCCCCCCN. The van der Waals surface area contributed by atoms with Crippen LogP contribution in [0.1, 0.15) is 201 Å². The molecule has 39 heavy (non-hydrogen) atoms. The second kappa shape index (κ2) is 41.4. The predicted molar refractivity (Wildman–Crippen MR) is 171 cm³/mol. The smallest absolute Gasteiger partial charge is 0.303 e. The molecule has 0 saturated heterocycles.